The molecule has 0 aromatic heterocycles. The number of halogens is 2. The molecule has 2 rings (SSSR count). The van der Waals surface area contributed by atoms with Gasteiger partial charge in [0.2, 0.25) is 0 Å². The topological polar surface area (TPSA) is 29.3 Å². The minimum absolute atomic E-state index is 0.605. The summed E-state index contributed by atoms with van der Waals surface area (Å²) in [6.07, 6.45) is 2.63. The Labute approximate surface area is 100.0 Å². The van der Waals surface area contributed by atoms with Crippen molar-refractivity contribution in [2.45, 2.75) is 12.8 Å². The third-order valence-corrected chi connectivity index (χ3v) is 3.23. The van der Waals surface area contributed by atoms with E-state index in [1.54, 1.807) is 12.1 Å². The number of benzene rings is 1. The van der Waals surface area contributed by atoms with Gasteiger partial charge in [-0.2, -0.15) is 0 Å². The summed E-state index contributed by atoms with van der Waals surface area (Å²) < 4.78 is 0. The largest absolute Gasteiger partial charge is 0.399 e. The molecular formula is C11H14Cl2N2. The molecule has 0 radical (unpaired) electrons. The third kappa shape index (κ3) is 2.50. The molecule has 1 fully saturated rings. The monoisotopic (exact) mass is 244 g/mol. The van der Waals surface area contributed by atoms with E-state index in [9.17, 15) is 0 Å². The SMILES string of the molecule is CN(CC1CC1)c1c(Cl)cc(N)cc1Cl. The van der Waals surface area contributed by atoms with Crippen LogP contribution in [0.15, 0.2) is 12.1 Å². The molecule has 0 heterocycles. The quantitative estimate of drug-likeness (QED) is 0.826. The Morgan fingerprint density at radius 3 is 2.33 bits per heavy atom. The van der Waals surface area contributed by atoms with E-state index in [1.165, 1.54) is 12.8 Å². The molecule has 4 heteroatoms. The van der Waals surface area contributed by atoms with Crippen molar-refractivity contribution in [1.29, 1.82) is 0 Å². The number of rotatable bonds is 3. The van der Waals surface area contributed by atoms with Gasteiger partial charge in [0.25, 0.3) is 0 Å². The van der Waals surface area contributed by atoms with Crippen molar-refractivity contribution in [1.82, 2.24) is 0 Å². The Balaban J connectivity index is 2.24. The first kappa shape index (κ1) is 10.9. The lowest BCUT2D eigenvalue weighted by atomic mass is 10.2. The van der Waals surface area contributed by atoms with Crippen molar-refractivity contribution in [3.63, 3.8) is 0 Å². The fourth-order valence-electron chi connectivity index (χ4n) is 1.73. The average molecular weight is 245 g/mol. The molecule has 0 saturated heterocycles. The van der Waals surface area contributed by atoms with Crippen LogP contribution in [0, 0.1) is 5.92 Å². The molecule has 0 atom stereocenters. The lowest BCUT2D eigenvalue weighted by Crippen LogP contribution is -2.20. The van der Waals surface area contributed by atoms with E-state index in [1.807, 2.05) is 7.05 Å². The molecule has 0 amide bonds. The van der Waals surface area contributed by atoms with E-state index in [-0.39, 0.29) is 0 Å². The maximum absolute atomic E-state index is 6.13. The van der Waals surface area contributed by atoms with Crippen molar-refractivity contribution >= 4 is 34.6 Å². The Hall–Kier alpha value is -0.600. The van der Waals surface area contributed by atoms with Gasteiger partial charge < -0.3 is 10.6 Å². The summed E-state index contributed by atoms with van der Waals surface area (Å²) in [6.45, 7) is 1.02. The zero-order valence-corrected chi connectivity index (χ0v) is 10.1. The second-order valence-electron chi connectivity index (χ2n) is 4.16. The molecular weight excluding hydrogens is 231 g/mol. The number of hydrogen-bond donors (Lipinski definition) is 1. The van der Waals surface area contributed by atoms with E-state index < -0.39 is 0 Å². The number of nitrogens with zero attached hydrogens (tertiary/aromatic N) is 1. The first-order valence-corrected chi connectivity index (χ1v) is 5.79. The Kier molecular flexibility index (Phi) is 2.98. The Morgan fingerprint density at radius 1 is 1.33 bits per heavy atom. The summed E-state index contributed by atoms with van der Waals surface area (Å²) >= 11 is 12.3. The van der Waals surface area contributed by atoms with E-state index in [2.05, 4.69) is 4.90 Å². The average Bonchev–Trinajstić information content (AvgIpc) is 2.85. The van der Waals surface area contributed by atoms with Crippen LogP contribution in [0.1, 0.15) is 12.8 Å². The zero-order valence-electron chi connectivity index (χ0n) is 8.63. The van der Waals surface area contributed by atoms with Crippen molar-refractivity contribution in [2.75, 3.05) is 24.2 Å². The highest BCUT2D eigenvalue weighted by atomic mass is 35.5. The maximum atomic E-state index is 6.13. The van der Waals surface area contributed by atoms with Gasteiger partial charge >= 0.3 is 0 Å². The normalized spacial score (nSPS) is 15.4. The summed E-state index contributed by atoms with van der Waals surface area (Å²) in [4.78, 5) is 2.11. The van der Waals surface area contributed by atoms with Crippen LogP contribution in [0.3, 0.4) is 0 Å². The molecule has 1 saturated carbocycles. The molecule has 82 valence electrons. The fraction of sp³-hybridized carbons (Fsp3) is 0.455. The van der Waals surface area contributed by atoms with Crippen molar-refractivity contribution < 1.29 is 0 Å². The zero-order chi connectivity index (χ0) is 11.0. The molecule has 1 aliphatic carbocycles. The van der Waals surface area contributed by atoms with Crippen LogP contribution < -0.4 is 10.6 Å². The Bertz CT molecular complexity index is 352. The van der Waals surface area contributed by atoms with Gasteiger partial charge in [-0.1, -0.05) is 23.2 Å². The highest BCUT2D eigenvalue weighted by Crippen LogP contribution is 2.38. The number of nitrogen functional groups attached to an aromatic ring is 1. The first-order valence-electron chi connectivity index (χ1n) is 5.03. The van der Waals surface area contributed by atoms with Crippen LogP contribution >= 0.6 is 23.2 Å². The van der Waals surface area contributed by atoms with Crippen LogP contribution in [-0.2, 0) is 0 Å². The predicted octanol–water partition coefficient (Wildman–Crippen LogP) is 3.42. The van der Waals surface area contributed by atoms with Crippen LogP contribution in [-0.4, -0.2) is 13.6 Å². The highest BCUT2D eigenvalue weighted by Gasteiger charge is 2.24. The van der Waals surface area contributed by atoms with E-state index in [0.717, 1.165) is 18.2 Å². The van der Waals surface area contributed by atoms with Crippen molar-refractivity contribution in [3.8, 4) is 0 Å². The van der Waals surface area contributed by atoms with E-state index in [4.69, 9.17) is 28.9 Å². The van der Waals surface area contributed by atoms with Gasteiger partial charge in [-0.25, -0.2) is 0 Å². The summed E-state index contributed by atoms with van der Waals surface area (Å²) in [7, 11) is 2.02. The fourth-order valence-corrected chi connectivity index (χ4v) is 2.52. The summed E-state index contributed by atoms with van der Waals surface area (Å²) in [5.41, 5.74) is 7.15. The van der Waals surface area contributed by atoms with Gasteiger partial charge in [0.15, 0.2) is 0 Å². The van der Waals surface area contributed by atoms with Crippen LogP contribution in [0.25, 0.3) is 0 Å². The third-order valence-electron chi connectivity index (χ3n) is 2.65. The second kappa shape index (κ2) is 4.11. The van der Waals surface area contributed by atoms with E-state index in [0.29, 0.717) is 15.7 Å². The molecule has 0 spiro atoms. The molecule has 1 aromatic rings. The molecule has 0 unspecified atom stereocenters. The summed E-state index contributed by atoms with van der Waals surface area (Å²) in [5, 5.41) is 1.26. The smallest absolute Gasteiger partial charge is 0.0743 e. The molecule has 2 N–H and O–H groups in total. The van der Waals surface area contributed by atoms with E-state index >= 15 is 0 Å². The number of hydrogen-bond acceptors (Lipinski definition) is 2. The van der Waals surface area contributed by atoms with Crippen LogP contribution in [0.5, 0.6) is 0 Å². The minimum Gasteiger partial charge on any atom is -0.399 e. The maximum Gasteiger partial charge on any atom is 0.0743 e. The van der Waals surface area contributed by atoms with Gasteiger partial charge in [-0.3, -0.25) is 0 Å². The molecule has 1 aliphatic rings. The highest BCUT2D eigenvalue weighted by molar-refractivity contribution is 6.39. The van der Waals surface area contributed by atoms with Gasteiger partial charge in [0.1, 0.15) is 0 Å². The molecule has 2 nitrogen and oxygen atoms in total. The Morgan fingerprint density at radius 2 is 1.87 bits per heavy atom. The van der Waals surface area contributed by atoms with Crippen molar-refractivity contribution in [2.24, 2.45) is 5.92 Å². The standard InChI is InChI=1S/C11H14Cl2N2/c1-15(6-7-2-3-7)11-9(12)4-8(14)5-10(11)13/h4-5,7H,2-3,6,14H2,1H3. The molecule has 0 aliphatic heterocycles. The van der Waals surface area contributed by atoms with Crippen LogP contribution in [0.2, 0.25) is 10.0 Å². The lowest BCUT2D eigenvalue weighted by Gasteiger charge is -2.22. The van der Waals surface area contributed by atoms with Gasteiger partial charge in [0.05, 0.1) is 15.7 Å². The summed E-state index contributed by atoms with van der Waals surface area (Å²) in [5.74, 6) is 0.805. The number of nitrogens with two attached hydrogens (primary N) is 1. The molecule has 1 aromatic carbocycles. The minimum atomic E-state index is 0.605. The van der Waals surface area contributed by atoms with Gasteiger partial charge in [-0.15, -0.1) is 0 Å². The molecule has 0 bridgehead atoms. The van der Waals surface area contributed by atoms with Crippen molar-refractivity contribution in [3.05, 3.63) is 22.2 Å². The number of anilines is 2. The van der Waals surface area contributed by atoms with Gasteiger partial charge in [0, 0.05) is 19.3 Å². The van der Waals surface area contributed by atoms with Gasteiger partial charge in [-0.05, 0) is 30.9 Å². The summed E-state index contributed by atoms with van der Waals surface area (Å²) in [6, 6.07) is 3.48. The lowest BCUT2D eigenvalue weighted by molar-refractivity contribution is 0.788. The first-order chi connectivity index (χ1) is 7.08. The van der Waals surface area contributed by atoms with Crippen LogP contribution in [0.4, 0.5) is 11.4 Å². The molecule has 15 heavy (non-hydrogen) atoms. The second-order valence-corrected chi connectivity index (χ2v) is 4.97. The predicted molar refractivity (Wildman–Crippen MR) is 66.9 cm³/mol.